The van der Waals surface area contributed by atoms with Crippen molar-refractivity contribution in [3.63, 3.8) is 0 Å². The molecule has 0 radical (unpaired) electrons. The summed E-state index contributed by atoms with van der Waals surface area (Å²) in [5.74, 6) is -12.2. The molecule has 0 saturated carbocycles. The summed E-state index contributed by atoms with van der Waals surface area (Å²) >= 11 is 4.76. The average Bonchev–Trinajstić information content (AvgIpc) is 2.32. The fourth-order valence-corrected chi connectivity index (χ4v) is 1.05. The summed E-state index contributed by atoms with van der Waals surface area (Å²) < 4.78 is 72.4. The van der Waals surface area contributed by atoms with Crippen LogP contribution < -0.4 is 4.74 Å². The van der Waals surface area contributed by atoms with Crippen molar-refractivity contribution >= 4 is 17.0 Å². The molecule has 0 spiro atoms. The second kappa shape index (κ2) is 5.85. The zero-order chi connectivity index (χ0) is 13.9. The van der Waals surface area contributed by atoms with Crippen LogP contribution in [0.1, 0.15) is 0 Å². The highest BCUT2D eigenvalue weighted by Crippen LogP contribution is 2.28. The van der Waals surface area contributed by atoms with E-state index in [-0.39, 0.29) is 0 Å². The van der Waals surface area contributed by atoms with Gasteiger partial charge in [0.25, 0.3) is 0 Å². The fraction of sp³-hybridized carbons (Fsp3) is 0.222. The maximum absolute atomic E-state index is 13.0. The van der Waals surface area contributed by atoms with Crippen molar-refractivity contribution < 1.29 is 36.2 Å². The molecule has 0 heterocycles. The maximum Gasteiger partial charge on any atom is 0.403 e. The quantitative estimate of drug-likeness (QED) is 0.281. The molecule has 0 aliphatic carbocycles. The molecule has 0 fully saturated rings. The van der Waals surface area contributed by atoms with E-state index in [1.54, 1.807) is 0 Å². The van der Waals surface area contributed by atoms with Gasteiger partial charge in [-0.2, -0.15) is 8.78 Å². The molecular formula is C9H4ClF5O3. The lowest BCUT2D eigenvalue weighted by Gasteiger charge is -2.09. The SMILES string of the molecule is O=C(Cl)OCCOc1c(F)c(F)c(F)c(F)c1F. The van der Waals surface area contributed by atoms with Gasteiger partial charge in [-0.25, -0.2) is 18.0 Å². The number of rotatable bonds is 4. The Kier molecular flexibility index (Phi) is 4.71. The average molecular weight is 291 g/mol. The Bertz CT molecular complexity index is 451. The summed E-state index contributed by atoms with van der Waals surface area (Å²) in [4.78, 5) is 10.1. The highest BCUT2D eigenvalue weighted by Gasteiger charge is 2.26. The van der Waals surface area contributed by atoms with Crippen molar-refractivity contribution in [1.82, 2.24) is 0 Å². The van der Waals surface area contributed by atoms with Gasteiger partial charge in [-0.05, 0) is 0 Å². The number of benzene rings is 1. The van der Waals surface area contributed by atoms with Gasteiger partial charge < -0.3 is 9.47 Å². The minimum absolute atomic E-state index is 0.512. The van der Waals surface area contributed by atoms with E-state index in [2.05, 4.69) is 9.47 Å². The minimum Gasteiger partial charge on any atom is -0.484 e. The summed E-state index contributed by atoms with van der Waals surface area (Å²) in [7, 11) is 0. The molecule has 0 amide bonds. The molecule has 1 rings (SSSR count). The molecule has 1 aromatic rings. The van der Waals surface area contributed by atoms with E-state index in [1.165, 1.54) is 0 Å². The van der Waals surface area contributed by atoms with Crippen LogP contribution in [0.25, 0.3) is 0 Å². The number of ether oxygens (including phenoxy) is 2. The molecule has 0 aliphatic rings. The van der Waals surface area contributed by atoms with E-state index in [4.69, 9.17) is 11.6 Å². The maximum atomic E-state index is 13.0. The first kappa shape index (κ1) is 14.5. The Labute approximate surface area is 102 Å². The van der Waals surface area contributed by atoms with Crippen molar-refractivity contribution in [3.05, 3.63) is 29.1 Å². The van der Waals surface area contributed by atoms with Crippen LogP contribution in [0, 0.1) is 29.1 Å². The van der Waals surface area contributed by atoms with Crippen LogP contribution in [0.5, 0.6) is 5.75 Å². The molecule has 0 aromatic heterocycles. The zero-order valence-corrected chi connectivity index (χ0v) is 9.16. The van der Waals surface area contributed by atoms with E-state index >= 15 is 0 Å². The fourth-order valence-electron chi connectivity index (χ4n) is 0.977. The van der Waals surface area contributed by atoms with Crippen LogP contribution >= 0.6 is 11.6 Å². The van der Waals surface area contributed by atoms with Gasteiger partial charge in [-0.1, -0.05) is 0 Å². The summed E-state index contributed by atoms with van der Waals surface area (Å²) in [5, 5.41) is 0. The summed E-state index contributed by atoms with van der Waals surface area (Å²) in [6.45, 7) is -1.14. The molecule has 1 aromatic carbocycles. The van der Waals surface area contributed by atoms with Gasteiger partial charge in [0.15, 0.2) is 5.75 Å². The lowest BCUT2D eigenvalue weighted by atomic mass is 10.2. The highest BCUT2D eigenvalue weighted by atomic mass is 35.5. The molecule has 3 nitrogen and oxygen atoms in total. The van der Waals surface area contributed by atoms with E-state index in [0.717, 1.165) is 0 Å². The summed E-state index contributed by atoms with van der Waals surface area (Å²) in [5.41, 5.74) is -1.20. The number of hydrogen-bond acceptors (Lipinski definition) is 3. The van der Waals surface area contributed by atoms with E-state index in [1.807, 2.05) is 0 Å². The molecule has 18 heavy (non-hydrogen) atoms. The first-order valence-electron chi connectivity index (χ1n) is 4.32. The molecule has 100 valence electrons. The van der Waals surface area contributed by atoms with Gasteiger partial charge in [-0.3, -0.25) is 0 Å². The second-order valence-corrected chi connectivity index (χ2v) is 3.14. The Morgan fingerprint density at radius 2 is 1.33 bits per heavy atom. The first-order chi connectivity index (χ1) is 8.36. The largest absolute Gasteiger partial charge is 0.484 e. The molecule has 0 aliphatic heterocycles. The standard InChI is InChI=1S/C9H4ClF5O3/c10-9(16)18-2-1-17-8-6(14)4(12)3(11)5(13)7(8)15/h1-2H2. The van der Waals surface area contributed by atoms with Crippen molar-refractivity contribution in [3.8, 4) is 5.75 Å². The number of halogens is 6. The minimum atomic E-state index is -2.29. The van der Waals surface area contributed by atoms with Crippen molar-refractivity contribution in [2.75, 3.05) is 13.2 Å². The van der Waals surface area contributed by atoms with Crippen LogP contribution in [0.3, 0.4) is 0 Å². The number of hydrogen-bond donors (Lipinski definition) is 0. The summed E-state index contributed by atoms with van der Waals surface area (Å²) in [6.07, 6.45) is 0. The van der Waals surface area contributed by atoms with E-state index < -0.39 is 53.5 Å². The molecule has 0 N–H and O–H groups in total. The Morgan fingerprint density at radius 3 is 1.78 bits per heavy atom. The lowest BCUT2D eigenvalue weighted by Crippen LogP contribution is -2.12. The van der Waals surface area contributed by atoms with E-state index in [0.29, 0.717) is 0 Å². The smallest absolute Gasteiger partial charge is 0.403 e. The van der Waals surface area contributed by atoms with Gasteiger partial charge in [-0.15, -0.1) is 0 Å². The van der Waals surface area contributed by atoms with Crippen LogP contribution in [0.2, 0.25) is 0 Å². The second-order valence-electron chi connectivity index (χ2n) is 2.83. The highest BCUT2D eigenvalue weighted by molar-refractivity contribution is 6.61. The number of carbonyl (C=O) groups is 1. The zero-order valence-electron chi connectivity index (χ0n) is 8.41. The topological polar surface area (TPSA) is 35.5 Å². The van der Waals surface area contributed by atoms with Crippen LogP contribution in [-0.2, 0) is 4.74 Å². The molecular weight excluding hydrogens is 287 g/mol. The summed E-state index contributed by atoms with van der Waals surface area (Å²) in [6, 6.07) is 0. The third kappa shape index (κ3) is 3.00. The van der Waals surface area contributed by atoms with Crippen molar-refractivity contribution in [2.24, 2.45) is 0 Å². The molecule has 9 heteroatoms. The van der Waals surface area contributed by atoms with Gasteiger partial charge in [0.2, 0.25) is 29.1 Å². The van der Waals surface area contributed by atoms with Crippen molar-refractivity contribution in [1.29, 1.82) is 0 Å². The molecule has 0 bridgehead atoms. The third-order valence-electron chi connectivity index (χ3n) is 1.71. The van der Waals surface area contributed by atoms with Gasteiger partial charge >= 0.3 is 5.43 Å². The Balaban J connectivity index is 2.86. The molecule has 0 unspecified atom stereocenters. The predicted octanol–water partition coefficient (Wildman–Crippen LogP) is 3.14. The molecule has 0 atom stereocenters. The van der Waals surface area contributed by atoms with Gasteiger partial charge in [0, 0.05) is 11.6 Å². The Hall–Kier alpha value is -1.57. The van der Waals surface area contributed by atoms with Crippen LogP contribution in [-0.4, -0.2) is 18.6 Å². The van der Waals surface area contributed by atoms with E-state index in [9.17, 15) is 26.7 Å². The Morgan fingerprint density at radius 1 is 0.889 bits per heavy atom. The first-order valence-corrected chi connectivity index (χ1v) is 4.70. The van der Waals surface area contributed by atoms with Crippen LogP contribution in [0.15, 0.2) is 0 Å². The number of carbonyl (C=O) groups excluding carboxylic acids is 1. The van der Waals surface area contributed by atoms with Crippen LogP contribution in [0.4, 0.5) is 26.7 Å². The van der Waals surface area contributed by atoms with Crippen molar-refractivity contribution in [2.45, 2.75) is 0 Å². The lowest BCUT2D eigenvalue weighted by molar-refractivity contribution is 0.142. The van der Waals surface area contributed by atoms with Gasteiger partial charge in [0.1, 0.15) is 13.2 Å². The predicted molar refractivity (Wildman–Crippen MR) is 48.9 cm³/mol. The third-order valence-corrected chi connectivity index (χ3v) is 1.82. The normalized spacial score (nSPS) is 10.3. The van der Waals surface area contributed by atoms with Gasteiger partial charge in [0.05, 0.1) is 0 Å². The molecule has 0 saturated heterocycles. The monoisotopic (exact) mass is 290 g/mol.